The van der Waals surface area contributed by atoms with Crippen LogP contribution in [0, 0.1) is 6.92 Å². The molecule has 1 amide bonds. The second-order valence-electron chi connectivity index (χ2n) is 6.14. The highest BCUT2D eigenvalue weighted by atomic mass is 16.5. The molecule has 3 aromatic rings. The Morgan fingerprint density at radius 2 is 1.89 bits per heavy atom. The highest BCUT2D eigenvalue weighted by Gasteiger charge is 2.13. The van der Waals surface area contributed by atoms with Gasteiger partial charge in [0.1, 0.15) is 11.6 Å². The Morgan fingerprint density at radius 1 is 1.11 bits per heavy atom. The van der Waals surface area contributed by atoms with E-state index < -0.39 is 0 Å². The minimum Gasteiger partial charge on any atom is -0.495 e. The molecule has 1 heterocycles. The molecule has 0 radical (unpaired) electrons. The lowest BCUT2D eigenvalue weighted by Crippen LogP contribution is -2.18. The number of amides is 1. The number of ether oxygens (including phenoxy) is 1. The molecule has 0 saturated heterocycles. The van der Waals surface area contributed by atoms with Crippen molar-refractivity contribution in [2.45, 2.75) is 13.8 Å². The lowest BCUT2D eigenvalue weighted by molar-refractivity contribution is 0.102. The van der Waals surface area contributed by atoms with Gasteiger partial charge in [-0.2, -0.15) is 0 Å². The molecule has 0 aliphatic carbocycles. The van der Waals surface area contributed by atoms with Crippen LogP contribution >= 0.6 is 0 Å². The minimum absolute atomic E-state index is 0.222. The van der Waals surface area contributed by atoms with Crippen LogP contribution in [0.15, 0.2) is 66.9 Å². The van der Waals surface area contributed by atoms with Crippen molar-refractivity contribution in [3.05, 3.63) is 78.0 Å². The maximum absolute atomic E-state index is 12.6. The van der Waals surface area contributed by atoms with Gasteiger partial charge in [-0.15, -0.1) is 0 Å². The van der Waals surface area contributed by atoms with E-state index >= 15 is 0 Å². The number of nitrogens with zero attached hydrogens (tertiary/aromatic N) is 2. The van der Waals surface area contributed by atoms with E-state index in [2.05, 4.69) is 22.1 Å². The third kappa shape index (κ3) is 4.26. The molecule has 0 saturated carbocycles. The smallest absolute Gasteiger partial charge is 0.257 e. The zero-order valence-electron chi connectivity index (χ0n) is 15.8. The van der Waals surface area contributed by atoms with Gasteiger partial charge in [0.05, 0.1) is 18.4 Å². The molecule has 0 bridgehead atoms. The summed E-state index contributed by atoms with van der Waals surface area (Å²) in [5.41, 5.74) is 3.24. The molecule has 138 valence electrons. The molecule has 0 atom stereocenters. The zero-order valence-corrected chi connectivity index (χ0v) is 15.8. The average molecular weight is 361 g/mol. The number of anilines is 3. The molecule has 2 aromatic carbocycles. The summed E-state index contributed by atoms with van der Waals surface area (Å²) in [5.74, 6) is 1.20. The van der Waals surface area contributed by atoms with Crippen molar-refractivity contribution in [2.75, 3.05) is 23.9 Å². The van der Waals surface area contributed by atoms with E-state index in [0.29, 0.717) is 17.0 Å². The van der Waals surface area contributed by atoms with E-state index in [4.69, 9.17) is 4.74 Å². The van der Waals surface area contributed by atoms with Gasteiger partial charge in [-0.3, -0.25) is 4.79 Å². The number of pyridine rings is 1. The first-order chi connectivity index (χ1) is 13.1. The van der Waals surface area contributed by atoms with Crippen molar-refractivity contribution in [2.24, 2.45) is 0 Å². The summed E-state index contributed by atoms with van der Waals surface area (Å²) in [7, 11) is 1.58. The second-order valence-corrected chi connectivity index (χ2v) is 6.14. The van der Waals surface area contributed by atoms with Crippen molar-refractivity contribution in [1.29, 1.82) is 0 Å². The standard InChI is InChI=1S/C22H23N3O2/c1-4-25(18-8-6-5-7-9-18)21-13-11-17(15-23-21)22(26)24-19-14-16(2)10-12-20(19)27-3/h5-15H,4H2,1-3H3,(H,24,26). The Bertz CT molecular complexity index is 909. The Labute approximate surface area is 159 Å². The Kier molecular flexibility index (Phi) is 5.71. The van der Waals surface area contributed by atoms with Gasteiger partial charge < -0.3 is 15.0 Å². The van der Waals surface area contributed by atoms with Crippen LogP contribution in [0.5, 0.6) is 5.75 Å². The summed E-state index contributed by atoms with van der Waals surface area (Å²) in [6.45, 7) is 4.82. The number of aromatic nitrogens is 1. The maximum atomic E-state index is 12.6. The second kappa shape index (κ2) is 8.36. The van der Waals surface area contributed by atoms with Gasteiger partial charge >= 0.3 is 0 Å². The van der Waals surface area contributed by atoms with Gasteiger partial charge in [-0.05, 0) is 55.8 Å². The number of carbonyl (C=O) groups is 1. The fourth-order valence-corrected chi connectivity index (χ4v) is 2.88. The minimum atomic E-state index is -0.222. The molecule has 3 rings (SSSR count). The number of hydrogen-bond acceptors (Lipinski definition) is 4. The molecule has 5 heteroatoms. The summed E-state index contributed by atoms with van der Waals surface area (Å²) >= 11 is 0. The van der Waals surface area contributed by atoms with E-state index in [0.717, 1.165) is 23.6 Å². The molecular formula is C22H23N3O2. The largest absolute Gasteiger partial charge is 0.495 e. The van der Waals surface area contributed by atoms with E-state index in [1.807, 2.05) is 61.5 Å². The normalized spacial score (nSPS) is 10.3. The van der Waals surface area contributed by atoms with E-state index in [9.17, 15) is 4.79 Å². The van der Waals surface area contributed by atoms with Crippen molar-refractivity contribution in [1.82, 2.24) is 4.98 Å². The first-order valence-corrected chi connectivity index (χ1v) is 8.87. The number of carbonyl (C=O) groups excluding carboxylic acids is 1. The number of nitrogens with one attached hydrogen (secondary N) is 1. The Hall–Kier alpha value is -3.34. The molecular weight excluding hydrogens is 338 g/mol. The number of hydrogen-bond donors (Lipinski definition) is 1. The third-order valence-corrected chi connectivity index (χ3v) is 4.27. The monoisotopic (exact) mass is 361 g/mol. The number of rotatable bonds is 6. The van der Waals surface area contributed by atoms with E-state index in [1.165, 1.54) is 0 Å². The lowest BCUT2D eigenvalue weighted by atomic mass is 10.2. The van der Waals surface area contributed by atoms with E-state index in [-0.39, 0.29) is 5.91 Å². The summed E-state index contributed by atoms with van der Waals surface area (Å²) in [6, 6.07) is 19.4. The molecule has 1 aromatic heterocycles. The summed E-state index contributed by atoms with van der Waals surface area (Å²) in [6.07, 6.45) is 1.60. The van der Waals surface area contributed by atoms with Gasteiger partial charge in [0.2, 0.25) is 0 Å². The predicted molar refractivity (Wildman–Crippen MR) is 109 cm³/mol. The van der Waals surface area contributed by atoms with Gasteiger partial charge in [0.25, 0.3) is 5.91 Å². The topological polar surface area (TPSA) is 54.5 Å². The summed E-state index contributed by atoms with van der Waals surface area (Å²) in [5, 5.41) is 2.90. The number of benzene rings is 2. The van der Waals surface area contributed by atoms with E-state index in [1.54, 1.807) is 19.4 Å². The number of para-hydroxylation sites is 1. The maximum Gasteiger partial charge on any atom is 0.257 e. The van der Waals surface area contributed by atoms with Crippen LogP contribution in [0.1, 0.15) is 22.8 Å². The van der Waals surface area contributed by atoms with Crippen LogP contribution in [0.3, 0.4) is 0 Å². The summed E-state index contributed by atoms with van der Waals surface area (Å²) < 4.78 is 5.31. The van der Waals surface area contributed by atoms with Crippen LogP contribution in [0.4, 0.5) is 17.2 Å². The fourth-order valence-electron chi connectivity index (χ4n) is 2.88. The highest BCUT2D eigenvalue weighted by Crippen LogP contribution is 2.26. The zero-order chi connectivity index (χ0) is 19.2. The fraction of sp³-hybridized carbons (Fsp3) is 0.182. The molecule has 0 unspecified atom stereocenters. The Morgan fingerprint density at radius 3 is 2.52 bits per heavy atom. The van der Waals surface area contributed by atoms with Crippen molar-refractivity contribution in [3.63, 3.8) is 0 Å². The van der Waals surface area contributed by atoms with Gasteiger partial charge in [-0.25, -0.2) is 4.98 Å². The van der Waals surface area contributed by atoms with Gasteiger partial charge in [0, 0.05) is 18.4 Å². The molecule has 1 N–H and O–H groups in total. The molecule has 0 spiro atoms. The molecule has 5 nitrogen and oxygen atoms in total. The van der Waals surface area contributed by atoms with Crippen LogP contribution in [-0.4, -0.2) is 24.5 Å². The number of aryl methyl sites for hydroxylation is 1. The van der Waals surface area contributed by atoms with Crippen molar-refractivity contribution < 1.29 is 9.53 Å². The van der Waals surface area contributed by atoms with Crippen molar-refractivity contribution >= 4 is 23.1 Å². The predicted octanol–water partition coefficient (Wildman–Crippen LogP) is 4.81. The first kappa shape index (κ1) is 18.5. The summed E-state index contributed by atoms with van der Waals surface area (Å²) in [4.78, 5) is 19.2. The molecule has 0 aliphatic heterocycles. The Balaban J connectivity index is 1.79. The van der Waals surface area contributed by atoms with Gasteiger partial charge in [0.15, 0.2) is 0 Å². The third-order valence-electron chi connectivity index (χ3n) is 4.27. The lowest BCUT2D eigenvalue weighted by Gasteiger charge is -2.22. The highest BCUT2D eigenvalue weighted by molar-refractivity contribution is 6.05. The average Bonchev–Trinajstić information content (AvgIpc) is 2.70. The van der Waals surface area contributed by atoms with Crippen LogP contribution in [-0.2, 0) is 0 Å². The number of methoxy groups -OCH3 is 1. The van der Waals surface area contributed by atoms with Crippen LogP contribution in [0.25, 0.3) is 0 Å². The first-order valence-electron chi connectivity index (χ1n) is 8.87. The van der Waals surface area contributed by atoms with Crippen LogP contribution in [0.2, 0.25) is 0 Å². The van der Waals surface area contributed by atoms with Crippen LogP contribution < -0.4 is 15.0 Å². The van der Waals surface area contributed by atoms with Crippen molar-refractivity contribution in [3.8, 4) is 5.75 Å². The molecule has 27 heavy (non-hydrogen) atoms. The SMILES string of the molecule is CCN(c1ccccc1)c1ccc(C(=O)Nc2cc(C)ccc2OC)cn1. The molecule has 0 aliphatic rings. The quantitative estimate of drug-likeness (QED) is 0.685. The van der Waals surface area contributed by atoms with Gasteiger partial charge in [-0.1, -0.05) is 24.3 Å². The molecule has 0 fully saturated rings.